The third-order valence-corrected chi connectivity index (χ3v) is 11.9. The molecule has 4 fully saturated rings. The van der Waals surface area contributed by atoms with Crippen LogP contribution in [0.1, 0.15) is 107 Å². The number of fused-ring (bicyclic) bond motifs is 1. The number of nitrogens with zero attached hydrogens (tertiary/aromatic N) is 8. The van der Waals surface area contributed by atoms with E-state index in [4.69, 9.17) is 15.1 Å². The van der Waals surface area contributed by atoms with Crippen LogP contribution in [-0.4, -0.2) is 104 Å². The summed E-state index contributed by atoms with van der Waals surface area (Å²) in [4.78, 5) is 38.8. The van der Waals surface area contributed by atoms with Crippen molar-refractivity contribution >= 4 is 23.3 Å². The zero-order valence-corrected chi connectivity index (χ0v) is 30.8. The molecule has 280 valence electrons. The summed E-state index contributed by atoms with van der Waals surface area (Å²) in [5.74, 6) is 1.43. The van der Waals surface area contributed by atoms with Gasteiger partial charge in [0, 0.05) is 67.5 Å². The lowest BCUT2D eigenvalue weighted by Crippen LogP contribution is -2.54. The van der Waals surface area contributed by atoms with Gasteiger partial charge in [0.25, 0.3) is 5.78 Å². The van der Waals surface area contributed by atoms with E-state index in [0.29, 0.717) is 24.3 Å². The number of Topliss-reactive ketones (excluding diaryl/α,β-unsaturated/α-hetero) is 1. The van der Waals surface area contributed by atoms with Crippen molar-refractivity contribution in [3.05, 3.63) is 35.5 Å². The van der Waals surface area contributed by atoms with E-state index in [1.54, 1.807) is 10.6 Å². The van der Waals surface area contributed by atoms with E-state index in [0.717, 1.165) is 75.5 Å². The number of likely N-dealkylation sites (N-methyl/N-ethyl adjacent to an activating group) is 1. The number of anilines is 1. The van der Waals surface area contributed by atoms with Crippen LogP contribution in [-0.2, 0) is 17.8 Å². The summed E-state index contributed by atoms with van der Waals surface area (Å²) >= 11 is 0. The number of ketones is 1. The summed E-state index contributed by atoms with van der Waals surface area (Å²) in [5.41, 5.74) is 0.150. The molecule has 1 N–H and O–H groups in total. The highest BCUT2D eigenvalue weighted by Gasteiger charge is 2.57. The Morgan fingerprint density at radius 3 is 2.55 bits per heavy atom. The van der Waals surface area contributed by atoms with E-state index in [1.807, 2.05) is 20.0 Å². The molecule has 7 rings (SSSR count). The summed E-state index contributed by atoms with van der Waals surface area (Å²) in [7, 11) is 2.21. The standard InChI is InChI=1S/C28H41F2N7O.C9H13FN2O/c1-19(6-7-27(8-9-27)26(2,30)17-29)22-16-37-25(32-22)33-23(36-14-13-35(3)28(18-36)10-11-28)21(34-37)15-20-5-4-12-31-24(20)38;1-7(2)9(13)8-3-5-11-12(8)6-4-10/h16,19-20H,4-15,17-18H2,1-3H3,(H,31,38);3,5,7H,4,6H2,1-2H3/t19?,20-,26?;/m1./s1. The lowest BCUT2D eigenvalue weighted by Gasteiger charge is -2.41. The first-order valence-electron chi connectivity index (χ1n) is 18.7. The fraction of sp³-hybridized carbons (Fsp3) is 0.730. The van der Waals surface area contributed by atoms with E-state index in [9.17, 15) is 22.8 Å². The van der Waals surface area contributed by atoms with Gasteiger partial charge in [-0.2, -0.15) is 15.2 Å². The molecule has 3 aromatic rings. The van der Waals surface area contributed by atoms with Gasteiger partial charge in [-0.3, -0.25) is 19.2 Å². The number of aryl methyl sites for hydroxylation is 1. The highest BCUT2D eigenvalue weighted by molar-refractivity contribution is 5.95. The van der Waals surface area contributed by atoms with Gasteiger partial charge in [0.1, 0.15) is 30.4 Å². The van der Waals surface area contributed by atoms with Crippen molar-refractivity contribution in [2.75, 3.05) is 51.5 Å². The quantitative estimate of drug-likeness (QED) is 0.230. The molecule has 1 spiro atoms. The third kappa shape index (κ3) is 7.80. The molecule has 51 heavy (non-hydrogen) atoms. The largest absolute Gasteiger partial charge is 0.356 e. The number of amides is 1. The Hall–Kier alpha value is -3.55. The van der Waals surface area contributed by atoms with E-state index >= 15 is 0 Å². The molecule has 5 heterocycles. The molecular weight excluding hydrogens is 659 g/mol. The van der Waals surface area contributed by atoms with Crippen LogP contribution < -0.4 is 10.2 Å². The molecule has 0 radical (unpaired) electrons. The number of halogens is 3. The SMILES string of the molecule is CC(C)C(=O)c1ccnn1CCF.CC(CCC1(C(C)(F)CF)CC1)c1cn2nc(C[C@H]3CCCNC3=O)c(N3CCN(C)C4(CC4)C3)nc2n1. The summed E-state index contributed by atoms with van der Waals surface area (Å²) < 4.78 is 43.3. The monoisotopic (exact) mass is 713 g/mol. The maximum Gasteiger partial charge on any atom is 0.252 e. The molecule has 0 bridgehead atoms. The molecule has 11 nitrogen and oxygen atoms in total. The zero-order valence-electron chi connectivity index (χ0n) is 30.8. The molecule has 2 unspecified atom stereocenters. The van der Waals surface area contributed by atoms with Crippen molar-refractivity contribution in [3.63, 3.8) is 0 Å². The van der Waals surface area contributed by atoms with Crippen LogP contribution in [0, 0.1) is 17.3 Å². The Morgan fingerprint density at radius 1 is 1.14 bits per heavy atom. The minimum Gasteiger partial charge on any atom is -0.356 e. The second-order valence-electron chi connectivity index (χ2n) is 15.9. The predicted molar refractivity (Wildman–Crippen MR) is 189 cm³/mol. The zero-order chi connectivity index (χ0) is 36.6. The molecule has 2 saturated heterocycles. The Labute approximate surface area is 298 Å². The van der Waals surface area contributed by atoms with Crippen LogP contribution in [0.5, 0.6) is 0 Å². The number of piperazine rings is 1. The molecule has 2 aliphatic carbocycles. The van der Waals surface area contributed by atoms with Crippen LogP contribution in [0.4, 0.5) is 19.0 Å². The van der Waals surface area contributed by atoms with Gasteiger partial charge in [0.15, 0.2) is 11.6 Å². The number of hydrogen-bond acceptors (Lipinski definition) is 8. The smallest absolute Gasteiger partial charge is 0.252 e. The van der Waals surface area contributed by atoms with E-state index in [-0.39, 0.29) is 41.5 Å². The molecule has 2 saturated carbocycles. The van der Waals surface area contributed by atoms with Gasteiger partial charge in [0.2, 0.25) is 5.91 Å². The normalized spacial score (nSPS) is 22.7. The number of nitrogens with one attached hydrogen (secondary N) is 1. The van der Waals surface area contributed by atoms with Gasteiger partial charge in [-0.05, 0) is 71.4 Å². The highest BCUT2D eigenvalue weighted by Crippen LogP contribution is 2.59. The van der Waals surface area contributed by atoms with Crippen molar-refractivity contribution in [3.8, 4) is 0 Å². The fourth-order valence-electron chi connectivity index (χ4n) is 7.74. The number of hydrogen-bond donors (Lipinski definition) is 1. The van der Waals surface area contributed by atoms with E-state index in [1.165, 1.54) is 30.6 Å². The van der Waals surface area contributed by atoms with Crippen molar-refractivity contribution in [2.24, 2.45) is 17.3 Å². The van der Waals surface area contributed by atoms with Gasteiger partial charge in [-0.25, -0.2) is 22.7 Å². The highest BCUT2D eigenvalue weighted by atomic mass is 19.2. The first kappa shape index (κ1) is 37.2. The average Bonchev–Trinajstić information content (AvgIpc) is 3.99. The van der Waals surface area contributed by atoms with Gasteiger partial charge in [-0.15, -0.1) is 0 Å². The van der Waals surface area contributed by atoms with Crippen LogP contribution >= 0.6 is 0 Å². The molecule has 0 aromatic carbocycles. The minimum absolute atomic E-state index is 0.00551. The van der Waals surface area contributed by atoms with E-state index in [2.05, 4.69) is 34.2 Å². The Bertz CT molecular complexity index is 1700. The van der Waals surface area contributed by atoms with Crippen LogP contribution in [0.3, 0.4) is 0 Å². The molecule has 3 aromatic heterocycles. The Kier molecular flexibility index (Phi) is 10.8. The lowest BCUT2D eigenvalue weighted by atomic mass is 9.82. The van der Waals surface area contributed by atoms with Gasteiger partial charge < -0.3 is 10.2 Å². The topological polar surface area (TPSA) is 114 Å². The third-order valence-electron chi connectivity index (χ3n) is 11.9. The molecule has 4 aliphatic rings. The van der Waals surface area contributed by atoms with Crippen molar-refractivity contribution in [1.29, 1.82) is 0 Å². The first-order chi connectivity index (χ1) is 24.3. The predicted octanol–water partition coefficient (Wildman–Crippen LogP) is 5.53. The summed E-state index contributed by atoms with van der Waals surface area (Å²) in [6.07, 6.45) is 11.1. The van der Waals surface area contributed by atoms with Crippen LogP contribution in [0.2, 0.25) is 0 Å². The van der Waals surface area contributed by atoms with Gasteiger partial charge in [0.05, 0.1) is 18.4 Å². The van der Waals surface area contributed by atoms with Crippen molar-refractivity contribution in [1.82, 2.24) is 39.6 Å². The maximum atomic E-state index is 14.8. The molecule has 3 atom stereocenters. The number of rotatable bonds is 13. The molecular formula is C37H54F3N9O2. The first-order valence-corrected chi connectivity index (χ1v) is 18.7. The van der Waals surface area contributed by atoms with Crippen molar-refractivity contribution < 1.29 is 22.8 Å². The summed E-state index contributed by atoms with van der Waals surface area (Å²) in [6, 6.07) is 1.62. The minimum atomic E-state index is -1.76. The maximum absolute atomic E-state index is 14.8. The molecule has 1 amide bonds. The number of aromatic nitrogens is 6. The average molecular weight is 714 g/mol. The summed E-state index contributed by atoms with van der Waals surface area (Å²) in [6.45, 7) is 9.35. The second-order valence-corrected chi connectivity index (χ2v) is 15.9. The lowest BCUT2D eigenvalue weighted by molar-refractivity contribution is -0.126. The fourth-order valence-corrected chi connectivity index (χ4v) is 7.74. The number of alkyl halides is 3. The van der Waals surface area contributed by atoms with Crippen LogP contribution in [0.25, 0.3) is 5.78 Å². The number of imidazole rings is 1. The van der Waals surface area contributed by atoms with E-state index < -0.39 is 24.4 Å². The Balaban J connectivity index is 0.000000292. The molecule has 2 aliphatic heterocycles. The number of piperidine rings is 1. The summed E-state index contributed by atoms with van der Waals surface area (Å²) in [5, 5.41) is 11.9. The van der Waals surface area contributed by atoms with Gasteiger partial charge in [-0.1, -0.05) is 20.8 Å². The second kappa shape index (κ2) is 14.8. The molecule has 14 heteroatoms. The van der Waals surface area contributed by atoms with Crippen LogP contribution in [0.15, 0.2) is 18.5 Å². The Morgan fingerprint density at radius 2 is 1.90 bits per heavy atom. The number of carbonyl (C=O) groups excluding carboxylic acids is 2. The van der Waals surface area contributed by atoms with Gasteiger partial charge >= 0.3 is 0 Å². The van der Waals surface area contributed by atoms with Crippen molar-refractivity contribution in [2.45, 2.75) is 109 Å². The number of carbonyl (C=O) groups is 2.